The van der Waals surface area contributed by atoms with Crippen LogP contribution in [0.4, 0.5) is 0 Å². The first-order valence-electron chi connectivity index (χ1n) is 9.69. The van der Waals surface area contributed by atoms with Gasteiger partial charge in [0.1, 0.15) is 18.5 Å². The molecule has 154 valence electrons. The predicted octanol–water partition coefficient (Wildman–Crippen LogP) is 6.33. The van der Waals surface area contributed by atoms with E-state index in [4.69, 9.17) is 18.9 Å². The molecule has 1 atom stereocenters. The quantitative estimate of drug-likeness (QED) is 0.407. The average molecular weight is 467 g/mol. The Morgan fingerprint density at radius 2 is 1.83 bits per heavy atom. The molecule has 0 spiro atoms. The number of hydrogen-bond acceptors (Lipinski definition) is 4. The summed E-state index contributed by atoms with van der Waals surface area (Å²) in [6, 6.07) is 20.0. The minimum Gasteiger partial charge on any atom is -0.497 e. The van der Waals surface area contributed by atoms with Crippen LogP contribution >= 0.6 is 15.9 Å². The molecule has 3 aromatic carbocycles. The van der Waals surface area contributed by atoms with Crippen LogP contribution in [-0.2, 0) is 18.0 Å². The molecule has 5 heteroatoms. The molecule has 0 aliphatic carbocycles. The van der Waals surface area contributed by atoms with Crippen molar-refractivity contribution in [2.75, 3.05) is 14.2 Å². The van der Waals surface area contributed by atoms with Gasteiger partial charge in [0, 0.05) is 4.47 Å². The fourth-order valence-corrected chi connectivity index (χ4v) is 3.87. The van der Waals surface area contributed by atoms with Gasteiger partial charge in [-0.15, -0.1) is 0 Å². The second-order valence-electron chi connectivity index (χ2n) is 6.95. The third-order valence-corrected chi connectivity index (χ3v) is 5.73. The van der Waals surface area contributed by atoms with Crippen molar-refractivity contribution >= 4 is 22.0 Å². The minimum atomic E-state index is -0.0893. The van der Waals surface area contributed by atoms with Crippen LogP contribution in [0.5, 0.6) is 17.2 Å². The van der Waals surface area contributed by atoms with E-state index in [2.05, 4.69) is 28.1 Å². The van der Waals surface area contributed by atoms with Crippen LogP contribution in [-0.4, -0.2) is 14.2 Å². The van der Waals surface area contributed by atoms with E-state index < -0.39 is 0 Å². The van der Waals surface area contributed by atoms with Gasteiger partial charge < -0.3 is 18.9 Å². The zero-order valence-electron chi connectivity index (χ0n) is 16.9. The number of halogens is 1. The van der Waals surface area contributed by atoms with Crippen LogP contribution in [0.3, 0.4) is 0 Å². The van der Waals surface area contributed by atoms with Crippen molar-refractivity contribution < 1.29 is 18.9 Å². The van der Waals surface area contributed by atoms with E-state index in [1.807, 2.05) is 60.7 Å². The van der Waals surface area contributed by atoms with Gasteiger partial charge >= 0.3 is 0 Å². The fraction of sp³-hybridized carbons (Fsp3) is 0.200. The Morgan fingerprint density at radius 1 is 1.00 bits per heavy atom. The van der Waals surface area contributed by atoms with Crippen molar-refractivity contribution in [3.8, 4) is 17.2 Å². The summed E-state index contributed by atoms with van der Waals surface area (Å²) in [5, 5.41) is 0. The van der Waals surface area contributed by atoms with Gasteiger partial charge in [0.05, 0.1) is 20.8 Å². The molecule has 0 fully saturated rings. The molecule has 0 bridgehead atoms. The Kier molecular flexibility index (Phi) is 6.41. The highest BCUT2D eigenvalue weighted by atomic mass is 79.9. The number of rotatable bonds is 7. The summed E-state index contributed by atoms with van der Waals surface area (Å²) in [5.41, 5.74) is 4.41. The monoisotopic (exact) mass is 466 g/mol. The van der Waals surface area contributed by atoms with E-state index in [-0.39, 0.29) is 6.10 Å². The molecule has 3 aromatic rings. The van der Waals surface area contributed by atoms with Gasteiger partial charge in [-0.3, -0.25) is 0 Å². The molecule has 4 nitrogen and oxygen atoms in total. The van der Waals surface area contributed by atoms with Gasteiger partial charge in [-0.1, -0.05) is 64.5 Å². The number of benzene rings is 3. The second kappa shape index (κ2) is 9.37. The normalized spacial score (nSPS) is 15.2. The lowest BCUT2D eigenvalue weighted by Gasteiger charge is -2.13. The lowest BCUT2D eigenvalue weighted by molar-refractivity contribution is 0.0996. The SMILES string of the molecule is COc1ccc2c(c1)COC2/C=C/c1cc(OCc2ccccc2)c(OC)cc1Br. The third kappa shape index (κ3) is 4.53. The van der Waals surface area contributed by atoms with Crippen LogP contribution in [0.1, 0.15) is 28.4 Å². The topological polar surface area (TPSA) is 36.9 Å². The summed E-state index contributed by atoms with van der Waals surface area (Å²) in [6.45, 7) is 1.06. The fourth-order valence-electron chi connectivity index (χ4n) is 3.42. The lowest BCUT2D eigenvalue weighted by Crippen LogP contribution is -1.98. The highest BCUT2D eigenvalue weighted by Crippen LogP contribution is 2.37. The molecule has 4 rings (SSSR count). The van der Waals surface area contributed by atoms with Crippen molar-refractivity contribution in [1.29, 1.82) is 0 Å². The maximum Gasteiger partial charge on any atom is 0.162 e. The molecule has 1 aliphatic heterocycles. The molecule has 1 aliphatic rings. The molecule has 0 saturated carbocycles. The molecular weight excluding hydrogens is 444 g/mol. The average Bonchev–Trinajstić information content (AvgIpc) is 3.19. The zero-order chi connectivity index (χ0) is 20.9. The first-order valence-corrected chi connectivity index (χ1v) is 10.5. The molecular formula is C25H23BrO4. The summed E-state index contributed by atoms with van der Waals surface area (Å²) in [7, 11) is 3.32. The summed E-state index contributed by atoms with van der Waals surface area (Å²) in [6.07, 6.45) is 4.02. The molecule has 0 saturated heterocycles. The van der Waals surface area contributed by atoms with Crippen molar-refractivity contribution in [3.05, 3.63) is 93.5 Å². The molecule has 30 heavy (non-hydrogen) atoms. The third-order valence-electron chi connectivity index (χ3n) is 5.05. The number of fused-ring (bicyclic) bond motifs is 1. The summed E-state index contributed by atoms with van der Waals surface area (Å²) in [4.78, 5) is 0. The zero-order valence-corrected chi connectivity index (χ0v) is 18.5. The van der Waals surface area contributed by atoms with Crippen molar-refractivity contribution in [3.63, 3.8) is 0 Å². The predicted molar refractivity (Wildman–Crippen MR) is 121 cm³/mol. The van der Waals surface area contributed by atoms with E-state index >= 15 is 0 Å². The molecule has 0 aromatic heterocycles. The van der Waals surface area contributed by atoms with E-state index in [0.717, 1.165) is 32.5 Å². The molecule has 0 amide bonds. The van der Waals surface area contributed by atoms with E-state index in [0.29, 0.717) is 24.7 Å². The van der Waals surface area contributed by atoms with Crippen LogP contribution in [0.25, 0.3) is 6.08 Å². The molecule has 1 heterocycles. The Labute approximate surface area is 185 Å². The highest BCUT2D eigenvalue weighted by molar-refractivity contribution is 9.10. The van der Waals surface area contributed by atoms with Gasteiger partial charge in [-0.25, -0.2) is 0 Å². The molecule has 0 radical (unpaired) electrons. The van der Waals surface area contributed by atoms with Gasteiger partial charge in [0.25, 0.3) is 0 Å². The largest absolute Gasteiger partial charge is 0.497 e. The van der Waals surface area contributed by atoms with Crippen LogP contribution in [0.15, 0.2) is 71.2 Å². The van der Waals surface area contributed by atoms with E-state index in [9.17, 15) is 0 Å². The van der Waals surface area contributed by atoms with Gasteiger partial charge in [0.15, 0.2) is 11.5 Å². The van der Waals surface area contributed by atoms with Gasteiger partial charge in [0.2, 0.25) is 0 Å². The Hall–Kier alpha value is -2.76. The minimum absolute atomic E-state index is 0.0893. The standard InChI is InChI=1S/C25H23BrO4/c1-27-20-9-10-21-19(12-20)16-30-23(21)11-8-18-13-25(24(28-2)14-22(18)26)29-15-17-6-4-3-5-7-17/h3-14,23H,15-16H2,1-2H3/b11-8+. The van der Waals surface area contributed by atoms with Crippen LogP contribution in [0.2, 0.25) is 0 Å². The number of methoxy groups -OCH3 is 2. The molecule has 0 N–H and O–H groups in total. The lowest BCUT2D eigenvalue weighted by atomic mass is 10.0. The maximum absolute atomic E-state index is 6.04. The number of hydrogen-bond donors (Lipinski definition) is 0. The van der Waals surface area contributed by atoms with Gasteiger partial charge in [-0.05, 0) is 46.5 Å². The van der Waals surface area contributed by atoms with Crippen LogP contribution < -0.4 is 14.2 Å². The first kappa shape index (κ1) is 20.5. The Balaban J connectivity index is 1.54. The second-order valence-corrected chi connectivity index (χ2v) is 7.81. The van der Waals surface area contributed by atoms with E-state index in [1.54, 1.807) is 14.2 Å². The number of ether oxygens (including phenoxy) is 4. The van der Waals surface area contributed by atoms with Crippen molar-refractivity contribution in [1.82, 2.24) is 0 Å². The maximum atomic E-state index is 6.04. The summed E-state index contributed by atoms with van der Waals surface area (Å²) >= 11 is 3.63. The Morgan fingerprint density at radius 3 is 2.60 bits per heavy atom. The Bertz CT molecular complexity index is 1050. The van der Waals surface area contributed by atoms with Gasteiger partial charge in [-0.2, -0.15) is 0 Å². The molecule has 1 unspecified atom stereocenters. The highest BCUT2D eigenvalue weighted by Gasteiger charge is 2.21. The summed E-state index contributed by atoms with van der Waals surface area (Å²) in [5.74, 6) is 2.23. The van der Waals surface area contributed by atoms with E-state index in [1.165, 1.54) is 0 Å². The van der Waals surface area contributed by atoms with Crippen molar-refractivity contribution in [2.45, 2.75) is 19.3 Å². The summed E-state index contributed by atoms with van der Waals surface area (Å²) < 4.78 is 23.7. The smallest absolute Gasteiger partial charge is 0.162 e. The van der Waals surface area contributed by atoms with Crippen LogP contribution in [0, 0.1) is 0 Å². The van der Waals surface area contributed by atoms with Crippen molar-refractivity contribution in [2.24, 2.45) is 0 Å². The first-order chi connectivity index (χ1) is 14.7.